The standard InChI is InChI=1S/C13H19F3N2S/c1-2-12-18-8-9(19-12)7-17-11-6-4-3-5-10(11)13(14,15)16/h8,10-11,17H,2-7H2,1H3. The quantitative estimate of drug-likeness (QED) is 0.910. The van der Waals surface area contributed by atoms with E-state index in [2.05, 4.69) is 10.3 Å². The van der Waals surface area contributed by atoms with Crippen molar-refractivity contribution in [1.29, 1.82) is 0 Å². The van der Waals surface area contributed by atoms with E-state index in [0.29, 0.717) is 19.4 Å². The molecule has 2 nitrogen and oxygen atoms in total. The Labute approximate surface area is 115 Å². The van der Waals surface area contributed by atoms with Crippen LogP contribution in [0.25, 0.3) is 0 Å². The monoisotopic (exact) mass is 292 g/mol. The van der Waals surface area contributed by atoms with E-state index in [0.717, 1.165) is 22.7 Å². The topological polar surface area (TPSA) is 24.9 Å². The van der Waals surface area contributed by atoms with Crippen molar-refractivity contribution in [1.82, 2.24) is 10.3 Å². The second kappa shape index (κ2) is 6.22. The van der Waals surface area contributed by atoms with Gasteiger partial charge in [-0.15, -0.1) is 11.3 Å². The molecule has 1 fully saturated rings. The minimum atomic E-state index is -4.08. The van der Waals surface area contributed by atoms with Crippen LogP contribution in [0.15, 0.2) is 6.20 Å². The van der Waals surface area contributed by atoms with Crippen LogP contribution in [0.3, 0.4) is 0 Å². The summed E-state index contributed by atoms with van der Waals surface area (Å²) in [4.78, 5) is 5.24. The molecule has 2 rings (SSSR count). The highest BCUT2D eigenvalue weighted by Gasteiger charge is 2.45. The molecule has 2 atom stereocenters. The fourth-order valence-corrected chi connectivity index (χ4v) is 3.41. The molecule has 1 saturated carbocycles. The maximum atomic E-state index is 12.9. The summed E-state index contributed by atoms with van der Waals surface area (Å²) in [6.07, 6.45) is 0.991. The first-order chi connectivity index (χ1) is 9.00. The van der Waals surface area contributed by atoms with Gasteiger partial charge in [-0.1, -0.05) is 19.8 Å². The predicted molar refractivity (Wildman–Crippen MR) is 70.1 cm³/mol. The number of nitrogens with zero attached hydrogens (tertiary/aromatic N) is 1. The molecule has 1 heterocycles. The van der Waals surface area contributed by atoms with E-state index in [1.807, 2.05) is 6.92 Å². The molecule has 0 bridgehead atoms. The van der Waals surface area contributed by atoms with E-state index in [9.17, 15) is 13.2 Å². The second-order valence-electron chi connectivity index (χ2n) is 4.99. The van der Waals surface area contributed by atoms with E-state index >= 15 is 0 Å². The molecule has 0 amide bonds. The highest BCUT2D eigenvalue weighted by Crippen LogP contribution is 2.37. The highest BCUT2D eigenvalue weighted by molar-refractivity contribution is 7.11. The molecule has 0 aromatic carbocycles. The number of aromatic nitrogens is 1. The highest BCUT2D eigenvalue weighted by atomic mass is 32.1. The van der Waals surface area contributed by atoms with E-state index in [4.69, 9.17) is 0 Å². The largest absolute Gasteiger partial charge is 0.393 e. The first-order valence-corrected chi connectivity index (χ1v) is 7.56. The summed E-state index contributed by atoms with van der Waals surface area (Å²) in [6, 6.07) is -0.444. The predicted octanol–water partition coefficient (Wildman–Crippen LogP) is 3.92. The number of alkyl halides is 3. The van der Waals surface area contributed by atoms with E-state index in [1.54, 1.807) is 17.5 Å². The molecule has 0 aliphatic heterocycles. The zero-order chi connectivity index (χ0) is 13.9. The van der Waals surface area contributed by atoms with Gasteiger partial charge >= 0.3 is 6.18 Å². The van der Waals surface area contributed by atoms with Crippen molar-refractivity contribution in [2.75, 3.05) is 0 Å². The van der Waals surface area contributed by atoms with Gasteiger partial charge in [0.1, 0.15) is 0 Å². The number of rotatable bonds is 4. The Hall–Kier alpha value is -0.620. The Balaban J connectivity index is 1.92. The van der Waals surface area contributed by atoms with E-state index in [1.165, 1.54) is 0 Å². The zero-order valence-corrected chi connectivity index (χ0v) is 11.8. The molecule has 1 aromatic heterocycles. The minimum Gasteiger partial charge on any atom is -0.308 e. The van der Waals surface area contributed by atoms with Crippen LogP contribution in [-0.2, 0) is 13.0 Å². The van der Waals surface area contributed by atoms with Crippen molar-refractivity contribution >= 4 is 11.3 Å². The smallest absolute Gasteiger partial charge is 0.308 e. The van der Waals surface area contributed by atoms with Crippen LogP contribution >= 0.6 is 11.3 Å². The molecular formula is C13H19F3N2S. The molecule has 1 aromatic rings. The zero-order valence-electron chi connectivity index (χ0n) is 11.0. The Morgan fingerprint density at radius 1 is 1.37 bits per heavy atom. The SMILES string of the molecule is CCc1ncc(CNC2CCCCC2C(F)(F)F)s1. The maximum Gasteiger partial charge on any atom is 0.393 e. The van der Waals surface area contributed by atoms with Crippen LogP contribution in [0.1, 0.15) is 42.5 Å². The van der Waals surface area contributed by atoms with Crippen LogP contribution in [0, 0.1) is 5.92 Å². The van der Waals surface area contributed by atoms with Gasteiger partial charge in [-0.25, -0.2) is 4.98 Å². The van der Waals surface area contributed by atoms with Crippen LogP contribution in [0.2, 0.25) is 0 Å². The molecule has 1 aliphatic carbocycles. The van der Waals surface area contributed by atoms with E-state index in [-0.39, 0.29) is 6.42 Å². The number of nitrogens with one attached hydrogen (secondary N) is 1. The molecule has 1 aliphatic rings. The minimum absolute atomic E-state index is 0.254. The average Bonchev–Trinajstić information content (AvgIpc) is 2.83. The Morgan fingerprint density at radius 2 is 2.11 bits per heavy atom. The van der Waals surface area contributed by atoms with Gasteiger partial charge in [0.15, 0.2) is 0 Å². The first-order valence-electron chi connectivity index (χ1n) is 6.74. The number of hydrogen-bond donors (Lipinski definition) is 1. The molecule has 1 N–H and O–H groups in total. The van der Waals surface area contributed by atoms with Crippen molar-refractivity contribution in [2.24, 2.45) is 5.92 Å². The third-order valence-electron chi connectivity index (χ3n) is 3.63. The number of hydrogen-bond acceptors (Lipinski definition) is 3. The van der Waals surface area contributed by atoms with Gasteiger partial charge in [-0.2, -0.15) is 13.2 Å². The van der Waals surface area contributed by atoms with Crippen LogP contribution in [0.4, 0.5) is 13.2 Å². The lowest BCUT2D eigenvalue weighted by molar-refractivity contribution is -0.189. The van der Waals surface area contributed by atoms with Gasteiger partial charge in [0.2, 0.25) is 0 Å². The van der Waals surface area contributed by atoms with Crippen molar-refractivity contribution in [3.05, 3.63) is 16.1 Å². The van der Waals surface area contributed by atoms with Gasteiger partial charge in [-0.05, 0) is 19.3 Å². The van der Waals surface area contributed by atoms with Crippen LogP contribution < -0.4 is 5.32 Å². The Kier molecular flexibility index (Phi) is 4.84. The molecule has 19 heavy (non-hydrogen) atoms. The summed E-state index contributed by atoms with van der Waals surface area (Å²) < 4.78 is 38.8. The number of halogens is 3. The average molecular weight is 292 g/mol. The summed E-state index contributed by atoms with van der Waals surface area (Å²) in [7, 11) is 0. The Morgan fingerprint density at radius 3 is 2.74 bits per heavy atom. The lowest BCUT2D eigenvalue weighted by atomic mass is 9.84. The van der Waals surface area contributed by atoms with Crippen molar-refractivity contribution in [2.45, 2.75) is 57.8 Å². The maximum absolute atomic E-state index is 12.9. The van der Waals surface area contributed by atoms with Gasteiger partial charge < -0.3 is 5.32 Å². The van der Waals surface area contributed by atoms with E-state index < -0.39 is 18.1 Å². The molecule has 0 saturated heterocycles. The van der Waals surface area contributed by atoms with Crippen LogP contribution in [-0.4, -0.2) is 17.2 Å². The van der Waals surface area contributed by atoms with Gasteiger partial charge in [0.25, 0.3) is 0 Å². The summed E-state index contributed by atoms with van der Waals surface area (Å²) in [5, 5.41) is 4.12. The normalized spacial score (nSPS) is 24.6. The van der Waals surface area contributed by atoms with Gasteiger partial charge in [0, 0.05) is 23.7 Å². The molecule has 2 unspecified atom stereocenters. The van der Waals surface area contributed by atoms with Crippen molar-refractivity contribution in [3.63, 3.8) is 0 Å². The number of aryl methyl sites for hydroxylation is 1. The third-order valence-corrected chi connectivity index (χ3v) is 4.77. The van der Waals surface area contributed by atoms with Crippen molar-refractivity contribution in [3.8, 4) is 0 Å². The van der Waals surface area contributed by atoms with Crippen molar-refractivity contribution < 1.29 is 13.2 Å². The first kappa shape index (κ1) is 14.8. The van der Waals surface area contributed by atoms with Crippen LogP contribution in [0.5, 0.6) is 0 Å². The second-order valence-corrected chi connectivity index (χ2v) is 6.19. The number of thiazole rings is 1. The lowest BCUT2D eigenvalue weighted by Gasteiger charge is -2.33. The summed E-state index contributed by atoms with van der Waals surface area (Å²) in [5.74, 6) is -1.19. The molecule has 6 heteroatoms. The Bertz CT molecular complexity index is 403. The fourth-order valence-electron chi connectivity index (χ4n) is 2.59. The van der Waals surface area contributed by atoms with Gasteiger partial charge in [0.05, 0.1) is 10.9 Å². The summed E-state index contributed by atoms with van der Waals surface area (Å²) in [6.45, 7) is 2.52. The van der Waals surface area contributed by atoms with Gasteiger partial charge in [-0.3, -0.25) is 0 Å². The summed E-state index contributed by atoms with van der Waals surface area (Å²) >= 11 is 1.58. The molecule has 0 radical (unpaired) electrons. The lowest BCUT2D eigenvalue weighted by Crippen LogP contribution is -2.45. The molecule has 108 valence electrons. The summed E-state index contributed by atoms with van der Waals surface area (Å²) in [5.41, 5.74) is 0. The third kappa shape index (κ3) is 3.92. The molecular weight excluding hydrogens is 273 g/mol. The molecule has 0 spiro atoms. The fraction of sp³-hybridized carbons (Fsp3) is 0.769.